The number of esters is 1. The third-order valence-electron chi connectivity index (χ3n) is 6.73. The standard InChI is InChI=1S/C20H37N4O4/c1-4-21-8-5-17(6-9-21)15-24(2)16-18(28-20(24)26)23-13-11-22(12-14-23)10-7-19(25)27-3/h17-18H,4-16H2,1-3H3/q+1. The Labute approximate surface area is 168 Å². The number of carbonyl (C=O) groups excluding carboxylic acids is 2. The Morgan fingerprint density at radius 2 is 1.82 bits per heavy atom. The van der Waals surface area contributed by atoms with E-state index in [9.17, 15) is 9.59 Å². The number of likely N-dealkylation sites (N-methyl/N-ethyl adjacent to an activating group) is 1. The van der Waals surface area contributed by atoms with Crippen LogP contribution in [0.25, 0.3) is 0 Å². The van der Waals surface area contributed by atoms with Crippen LogP contribution in [0.5, 0.6) is 0 Å². The van der Waals surface area contributed by atoms with E-state index in [-0.39, 0.29) is 18.3 Å². The second-order valence-corrected chi connectivity index (χ2v) is 8.68. The molecule has 0 N–H and O–H groups in total. The van der Waals surface area contributed by atoms with Crippen LogP contribution in [-0.2, 0) is 14.3 Å². The molecule has 0 radical (unpaired) electrons. The Balaban J connectivity index is 1.45. The van der Waals surface area contributed by atoms with Crippen molar-refractivity contribution in [2.45, 2.75) is 32.4 Å². The average molecular weight is 398 g/mol. The number of methoxy groups -OCH3 is 1. The van der Waals surface area contributed by atoms with Crippen molar-refractivity contribution < 1.29 is 23.5 Å². The van der Waals surface area contributed by atoms with Crippen molar-refractivity contribution in [1.29, 1.82) is 0 Å². The minimum atomic E-state index is -0.162. The van der Waals surface area contributed by atoms with Gasteiger partial charge in [-0.25, -0.2) is 4.48 Å². The summed E-state index contributed by atoms with van der Waals surface area (Å²) in [6.45, 7) is 11.5. The number of hydrogen-bond acceptors (Lipinski definition) is 7. The Hall–Kier alpha value is -1.22. The number of rotatable bonds is 7. The van der Waals surface area contributed by atoms with E-state index in [1.54, 1.807) is 0 Å². The lowest BCUT2D eigenvalue weighted by Crippen LogP contribution is -2.54. The molecule has 3 rings (SSSR count). The molecule has 0 bridgehead atoms. The molecular weight excluding hydrogens is 360 g/mol. The van der Waals surface area contributed by atoms with Gasteiger partial charge in [0.2, 0.25) is 6.23 Å². The smallest absolute Gasteiger partial charge is 0.469 e. The number of piperidine rings is 1. The van der Waals surface area contributed by atoms with Gasteiger partial charge in [0, 0.05) is 38.6 Å². The summed E-state index contributed by atoms with van der Waals surface area (Å²) in [5, 5.41) is 0. The quantitative estimate of drug-likeness (QED) is 0.466. The van der Waals surface area contributed by atoms with E-state index in [1.165, 1.54) is 20.0 Å². The zero-order chi connectivity index (χ0) is 20.1. The van der Waals surface area contributed by atoms with Crippen LogP contribution in [0.4, 0.5) is 4.79 Å². The molecule has 8 nitrogen and oxygen atoms in total. The molecule has 0 spiro atoms. The summed E-state index contributed by atoms with van der Waals surface area (Å²) in [6.07, 6.45) is 2.60. The van der Waals surface area contributed by atoms with Gasteiger partial charge >= 0.3 is 12.1 Å². The number of carbonyl (C=O) groups is 2. The van der Waals surface area contributed by atoms with Gasteiger partial charge in [-0.1, -0.05) is 6.92 Å². The van der Waals surface area contributed by atoms with Crippen LogP contribution >= 0.6 is 0 Å². The fraction of sp³-hybridized carbons (Fsp3) is 0.900. The van der Waals surface area contributed by atoms with Crippen LogP contribution in [0.2, 0.25) is 0 Å². The molecule has 0 aromatic rings. The zero-order valence-corrected chi connectivity index (χ0v) is 17.8. The minimum Gasteiger partial charge on any atom is -0.469 e. The maximum atomic E-state index is 12.7. The van der Waals surface area contributed by atoms with Crippen molar-refractivity contribution in [3.05, 3.63) is 0 Å². The van der Waals surface area contributed by atoms with Gasteiger partial charge in [0.1, 0.15) is 6.54 Å². The first-order valence-corrected chi connectivity index (χ1v) is 10.7. The highest BCUT2D eigenvalue weighted by Crippen LogP contribution is 2.28. The Morgan fingerprint density at radius 3 is 2.43 bits per heavy atom. The molecule has 0 aromatic heterocycles. The van der Waals surface area contributed by atoms with Crippen LogP contribution in [0.15, 0.2) is 0 Å². The summed E-state index contributed by atoms with van der Waals surface area (Å²) in [4.78, 5) is 31.0. The number of piperazine rings is 1. The molecule has 3 saturated heterocycles. The topological polar surface area (TPSA) is 62.3 Å². The number of nitrogens with zero attached hydrogens (tertiary/aromatic N) is 4. The second-order valence-electron chi connectivity index (χ2n) is 8.68. The summed E-state index contributed by atoms with van der Waals surface area (Å²) in [5.74, 6) is 0.444. The summed E-state index contributed by atoms with van der Waals surface area (Å²) in [6, 6.07) is 0. The van der Waals surface area contributed by atoms with Crippen LogP contribution in [0.1, 0.15) is 26.2 Å². The summed E-state index contributed by atoms with van der Waals surface area (Å²) in [5.41, 5.74) is 0. The average Bonchev–Trinajstić information content (AvgIpc) is 3.01. The monoisotopic (exact) mass is 397 g/mol. The highest BCUT2D eigenvalue weighted by atomic mass is 16.6. The molecule has 3 aliphatic rings. The molecule has 3 aliphatic heterocycles. The van der Waals surface area contributed by atoms with Gasteiger partial charge in [0.25, 0.3) is 0 Å². The third-order valence-corrected chi connectivity index (χ3v) is 6.73. The van der Waals surface area contributed by atoms with Crippen LogP contribution in [0.3, 0.4) is 0 Å². The first-order chi connectivity index (χ1) is 13.4. The third kappa shape index (κ3) is 5.23. The van der Waals surface area contributed by atoms with Gasteiger partial charge in [-0.2, -0.15) is 4.79 Å². The van der Waals surface area contributed by atoms with Crippen LogP contribution in [-0.4, -0.2) is 117 Å². The number of cyclic esters (lactones) is 1. The lowest BCUT2D eigenvalue weighted by molar-refractivity contribution is -0.828. The van der Waals surface area contributed by atoms with E-state index in [0.717, 1.165) is 65.4 Å². The lowest BCUT2D eigenvalue weighted by Gasteiger charge is -2.37. The molecule has 2 atom stereocenters. The van der Waals surface area contributed by atoms with Gasteiger partial charge in [-0.15, -0.1) is 0 Å². The van der Waals surface area contributed by atoms with Gasteiger partial charge in [-0.3, -0.25) is 9.69 Å². The Kier molecular flexibility index (Phi) is 7.31. The van der Waals surface area contributed by atoms with E-state index in [4.69, 9.17) is 9.47 Å². The maximum absolute atomic E-state index is 12.7. The molecule has 3 fully saturated rings. The second kappa shape index (κ2) is 9.52. The lowest BCUT2D eigenvalue weighted by atomic mass is 9.95. The van der Waals surface area contributed by atoms with Gasteiger partial charge in [0.15, 0.2) is 0 Å². The van der Waals surface area contributed by atoms with Crippen LogP contribution < -0.4 is 0 Å². The molecule has 0 aromatic carbocycles. The van der Waals surface area contributed by atoms with Crippen LogP contribution in [0, 0.1) is 5.92 Å². The van der Waals surface area contributed by atoms with Gasteiger partial charge < -0.3 is 19.3 Å². The normalized spacial score (nSPS) is 31.1. The molecule has 2 unspecified atom stereocenters. The predicted molar refractivity (Wildman–Crippen MR) is 106 cm³/mol. The molecule has 1 amide bonds. The number of hydrogen-bond donors (Lipinski definition) is 0. The fourth-order valence-corrected chi connectivity index (χ4v) is 4.72. The molecule has 160 valence electrons. The summed E-state index contributed by atoms with van der Waals surface area (Å²) < 4.78 is 10.9. The predicted octanol–water partition coefficient (Wildman–Crippen LogP) is 0.822. The van der Waals surface area contributed by atoms with E-state index in [1.807, 2.05) is 7.05 Å². The van der Waals surface area contributed by atoms with Gasteiger partial charge in [-0.05, 0) is 32.5 Å². The SMILES string of the molecule is CCN1CCC(C[N+]2(C)CC(N3CCN(CCC(=O)OC)CC3)OC2=O)CC1. The zero-order valence-electron chi connectivity index (χ0n) is 17.8. The molecule has 0 saturated carbocycles. The van der Waals surface area contributed by atoms with Gasteiger partial charge in [0.05, 0.1) is 27.1 Å². The van der Waals surface area contributed by atoms with E-state index in [0.29, 0.717) is 16.8 Å². The van der Waals surface area contributed by atoms with E-state index in [2.05, 4.69) is 21.6 Å². The minimum absolute atomic E-state index is 0.0731. The van der Waals surface area contributed by atoms with Crippen molar-refractivity contribution in [2.24, 2.45) is 5.92 Å². The number of quaternary nitrogens is 1. The number of ether oxygens (including phenoxy) is 2. The van der Waals surface area contributed by atoms with Crippen molar-refractivity contribution in [3.8, 4) is 0 Å². The van der Waals surface area contributed by atoms with E-state index >= 15 is 0 Å². The number of amides is 1. The molecular formula is C20H37N4O4+. The highest BCUT2D eigenvalue weighted by molar-refractivity contribution is 5.69. The van der Waals surface area contributed by atoms with Crippen molar-refractivity contribution in [1.82, 2.24) is 14.7 Å². The Morgan fingerprint density at radius 1 is 1.14 bits per heavy atom. The molecule has 0 aliphatic carbocycles. The molecule has 28 heavy (non-hydrogen) atoms. The number of likely N-dealkylation sites (tertiary alicyclic amines) is 1. The largest absolute Gasteiger partial charge is 0.517 e. The highest BCUT2D eigenvalue weighted by Gasteiger charge is 2.49. The molecule has 3 heterocycles. The van der Waals surface area contributed by atoms with E-state index < -0.39 is 0 Å². The summed E-state index contributed by atoms with van der Waals surface area (Å²) >= 11 is 0. The van der Waals surface area contributed by atoms with Crippen molar-refractivity contribution >= 4 is 12.1 Å². The Bertz CT molecular complexity index is 544. The molecule has 8 heteroatoms. The van der Waals surface area contributed by atoms with Crippen molar-refractivity contribution in [2.75, 3.05) is 79.6 Å². The van der Waals surface area contributed by atoms with Crippen molar-refractivity contribution in [3.63, 3.8) is 0 Å². The summed E-state index contributed by atoms with van der Waals surface area (Å²) in [7, 11) is 3.47. The first kappa shape index (κ1) is 21.5. The maximum Gasteiger partial charge on any atom is 0.517 e. The first-order valence-electron chi connectivity index (χ1n) is 10.7. The fourth-order valence-electron chi connectivity index (χ4n) is 4.72.